The molecular weight excluding hydrogens is 311 g/mol. The molecule has 1 aromatic carbocycles. The quantitative estimate of drug-likeness (QED) is 0.573. The van der Waals surface area contributed by atoms with E-state index in [1.54, 1.807) is 12.1 Å². The summed E-state index contributed by atoms with van der Waals surface area (Å²) in [6.45, 7) is 0. The molecule has 1 nitrogen and oxygen atoms in total. The van der Waals surface area contributed by atoms with E-state index in [9.17, 15) is 4.39 Å². The zero-order valence-electron chi connectivity index (χ0n) is 15.3. The van der Waals surface area contributed by atoms with E-state index >= 15 is 0 Å². The highest BCUT2D eigenvalue weighted by Gasteiger charge is 2.31. The minimum atomic E-state index is -0.184. The Bertz CT molecular complexity index is 594. The molecule has 1 atom stereocenters. The van der Waals surface area contributed by atoms with Crippen molar-refractivity contribution >= 4 is 0 Å². The molecule has 1 unspecified atom stereocenters. The third-order valence-electron chi connectivity index (χ3n) is 6.65. The molecule has 2 saturated carbocycles. The maximum atomic E-state index is 13.5. The second-order valence-corrected chi connectivity index (χ2v) is 8.40. The summed E-state index contributed by atoms with van der Waals surface area (Å²) < 4.78 is 19.7. The summed E-state index contributed by atoms with van der Waals surface area (Å²) in [6.07, 6.45) is 19.6. The van der Waals surface area contributed by atoms with Gasteiger partial charge in [0, 0.05) is 6.07 Å². The van der Waals surface area contributed by atoms with E-state index in [0.29, 0.717) is 5.92 Å². The van der Waals surface area contributed by atoms with E-state index in [-0.39, 0.29) is 11.9 Å². The molecule has 0 aromatic heterocycles. The van der Waals surface area contributed by atoms with Gasteiger partial charge in [0.25, 0.3) is 0 Å². The lowest BCUT2D eigenvalue weighted by molar-refractivity contribution is 0.0813. The Balaban J connectivity index is 1.28. The molecule has 2 heteroatoms. The first-order valence-electron chi connectivity index (χ1n) is 10.4. The van der Waals surface area contributed by atoms with Crippen molar-refractivity contribution in [2.24, 2.45) is 17.8 Å². The summed E-state index contributed by atoms with van der Waals surface area (Å²) in [5, 5.41) is 0. The van der Waals surface area contributed by atoms with Gasteiger partial charge >= 0.3 is 0 Å². The van der Waals surface area contributed by atoms with Crippen molar-refractivity contribution in [3.8, 4) is 5.75 Å². The fourth-order valence-electron chi connectivity index (χ4n) is 5.05. The van der Waals surface area contributed by atoms with E-state index in [2.05, 4.69) is 12.2 Å². The molecule has 0 radical (unpaired) electrons. The number of ether oxygens (including phenoxy) is 1. The van der Waals surface area contributed by atoms with Gasteiger partial charge in [-0.25, -0.2) is 4.39 Å². The first-order chi connectivity index (χ1) is 12.3. The minimum absolute atomic E-state index is 0.184. The third kappa shape index (κ3) is 4.27. The largest absolute Gasteiger partial charge is 0.490 e. The van der Waals surface area contributed by atoms with Crippen LogP contribution in [-0.4, -0.2) is 6.10 Å². The number of hydrogen-bond acceptors (Lipinski definition) is 1. The van der Waals surface area contributed by atoms with Crippen molar-refractivity contribution in [1.82, 2.24) is 0 Å². The van der Waals surface area contributed by atoms with Crippen LogP contribution in [0.3, 0.4) is 0 Å². The van der Waals surface area contributed by atoms with Crippen LogP contribution in [0.2, 0.25) is 0 Å². The molecule has 4 rings (SSSR count). The van der Waals surface area contributed by atoms with Gasteiger partial charge in [0.1, 0.15) is 17.7 Å². The van der Waals surface area contributed by atoms with E-state index in [1.165, 1.54) is 63.4 Å². The predicted molar refractivity (Wildman–Crippen MR) is 100 cm³/mol. The lowest BCUT2D eigenvalue weighted by Gasteiger charge is -2.36. The van der Waals surface area contributed by atoms with Crippen LogP contribution in [0.1, 0.15) is 69.8 Å². The number of rotatable bonds is 3. The fourth-order valence-corrected chi connectivity index (χ4v) is 5.05. The van der Waals surface area contributed by atoms with Crippen molar-refractivity contribution in [1.29, 1.82) is 0 Å². The topological polar surface area (TPSA) is 9.23 Å². The van der Waals surface area contributed by atoms with E-state index in [1.807, 2.05) is 6.07 Å². The van der Waals surface area contributed by atoms with Gasteiger partial charge in [-0.3, -0.25) is 0 Å². The summed E-state index contributed by atoms with van der Waals surface area (Å²) in [6, 6.07) is 5.00. The molecule has 2 aliphatic carbocycles. The van der Waals surface area contributed by atoms with Crippen molar-refractivity contribution in [3.05, 3.63) is 41.7 Å². The van der Waals surface area contributed by atoms with Gasteiger partial charge in [0.2, 0.25) is 0 Å². The highest BCUT2D eigenvalue weighted by atomic mass is 19.1. The molecule has 0 bridgehead atoms. The SMILES string of the molecule is Fc1ccc2c(c1)OC(C1CCC(/C=C/C3CCCCC3)CC1)CC2. The normalized spacial score (nSPS) is 30.8. The Hall–Kier alpha value is -1.31. The van der Waals surface area contributed by atoms with Crippen LogP contribution in [0.25, 0.3) is 0 Å². The average molecular weight is 342 g/mol. The summed E-state index contributed by atoms with van der Waals surface area (Å²) in [4.78, 5) is 0. The lowest BCUT2D eigenvalue weighted by atomic mass is 9.77. The zero-order chi connectivity index (χ0) is 17.1. The smallest absolute Gasteiger partial charge is 0.126 e. The molecular formula is C23H31FO. The number of hydrogen-bond donors (Lipinski definition) is 0. The van der Waals surface area contributed by atoms with Gasteiger partial charge < -0.3 is 4.74 Å². The zero-order valence-corrected chi connectivity index (χ0v) is 15.3. The molecule has 1 aliphatic heterocycles. The van der Waals surface area contributed by atoms with E-state index in [4.69, 9.17) is 4.74 Å². The van der Waals surface area contributed by atoms with Crippen LogP contribution in [0.15, 0.2) is 30.4 Å². The molecule has 1 heterocycles. The van der Waals surface area contributed by atoms with Crippen molar-refractivity contribution in [2.45, 2.75) is 76.7 Å². The maximum Gasteiger partial charge on any atom is 0.126 e. The maximum absolute atomic E-state index is 13.5. The van der Waals surface area contributed by atoms with Crippen LogP contribution in [0, 0.1) is 23.6 Å². The Labute approximate surface area is 151 Å². The van der Waals surface area contributed by atoms with Crippen LogP contribution >= 0.6 is 0 Å². The molecule has 3 aliphatic rings. The second-order valence-electron chi connectivity index (χ2n) is 8.40. The summed E-state index contributed by atoms with van der Waals surface area (Å²) >= 11 is 0. The predicted octanol–water partition coefficient (Wildman–Crippen LogP) is 6.46. The Morgan fingerprint density at radius 2 is 1.56 bits per heavy atom. The van der Waals surface area contributed by atoms with Gasteiger partial charge in [-0.05, 0) is 80.8 Å². The van der Waals surface area contributed by atoms with Gasteiger partial charge in [0.05, 0.1) is 0 Å². The Morgan fingerprint density at radius 1 is 0.840 bits per heavy atom. The minimum Gasteiger partial charge on any atom is -0.490 e. The number of benzene rings is 1. The molecule has 0 spiro atoms. The summed E-state index contributed by atoms with van der Waals surface area (Å²) in [7, 11) is 0. The second kappa shape index (κ2) is 7.93. The van der Waals surface area contributed by atoms with E-state index in [0.717, 1.165) is 30.4 Å². The number of allylic oxidation sites excluding steroid dienone is 2. The molecule has 25 heavy (non-hydrogen) atoms. The Morgan fingerprint density at radius 3 is 2.32 bits per heavy atom. The third-order valence-corrected chi connectivity index (χ3v) is 6.65. The van der Waals surface area contributed by atoms with Gasteiger partial charge in [-0.15, -0.1) is 0 Å². The average Bonchev–Trinajstić information content (AvgIpc) is 2.67. The van der Waals surface area contributed by atoms with Gasteiger partial charge in [0.15, 0.2) is 0 Å². The van der Waals surface area contributed by atoms with Crippen molar-refractivity contribution in [2.75, 3.05) is 0 Å². The first-order valence-corrected chi connectivity index (χ1v) is 10.4. The molecule has 136 valence electrons. The highest BCUT2D eigenvalue weighted by molar-refractivity contribution is 5.36. The fraction of sp³-hybridized carbons (Fsp3) is 0.652. The number of halogens is 1. The standard InChI is InChI=1S/C23H31FO/c24-21-14-12-20-13-15-22(25-23(20)16-21)19-10-8-18(9-11-19)7-6-17-4-2-1-3-5-17/h6-7,12,14,16-19,22H,1-5,8-11,13,15H2/b7-6+. The van der Waals surface area contributed by atoms with Gasteiger partial charge in [-0.1, -0.05) is 37.5 Å². The molecule has 0 saturated heterocycles. The highest BCUT2D eigenvalue weighted by Crippen LogP contribution is 2.38. The number of fused-ring (bicyclic) bond motifs is 1. The van der Waals surface area contributed by atoms with Crippen molar-refractivity contribution < 1.29 is 9.13 Å². The lowest BCUT2D eigenvalue weighted by Crippen LogP contribution is -2.33. The summed E-state index contributed by atoms with van der Waals surface area (Å²) in [5.74, 6) is 2.87. The van der Waals surface area contributed by atoms with Crippen LogP contribution in [0.4, 0.5) is 4.39 Å². The molecule has 1 aromatic rings. The van der Waals surface area contributed by atoms with Crippen LogP contribution in [0.5, 0.6) is 5.75 Å². The summed E-state index contributed by atoms with van der Waals surface area (Å²) in [5.41, 5.74) is 1.17. The van der Waals surface area contributed by atoms with Gasteiger partial charge in [-0.2, -0.15) is 0 Å². The van der Waals surface area contributed by atoms with Crippen molar-refractivity contribution in [3.63, 3.8) is 0 Å². The van der Waals surface area contributed by atoms with E-state index < -0.39 is 0 Å². The first kappa shape index (κ1) is 17.1. The monoisotopic (exact) mass is 342 g/mol. The number of aryl methyl sites for hydroxylation is 1. The van der Waals surface area contributed by atoms with Crippen LogP contribution in [-0.2, 0) is 6.42 Å². The molecule has 0 amide bonds. The Kier molecular flexibility index (Phi) is 5.43. The molecule has 0 N–H and O–H groups in total. The van der Waals surface area contributed by atoms with Crippen LogP contribution < -0.4 is 4.74 Å². The molecule has 2 fully saturated rings.